The molecule has 2 aliphatic rings. The Balaban J connectivity index is 2.32. The SMILES string of the molecule is CN[C@H]1CN(C(C)=O)C[C@H]2CCCN(C(C)=O)N2C1=O. The first-order valence-electron chi connectivity index (χ1n) is 6.99. The zero-order valence-electron chi connectivity index (χ0n) is 12.3. The maximum Gasteiger partial charge on any atom is 0.260 e. The molecule has 0 radical (unpaired) electrons. The molecular formula is C13H22N4O3. The average molecular weight is 282 g/mol. The summed E-state index contributed by atoms with van der Waals surface area (Å²) in [5.74, 6) is -0.301. The summed E-state index contributed by atoms with van der Waals surface area (Å²) in [6, 6.07) is -0.578. The first-order valence-corrected chi connectivity index (χ1v) is 6.99. The number of carbonyl (C=O) groups is 3. The molecule has 0 saturated carbocycles. The number of hydrogen-bond donors (Lipinski definition) is 1. The van der Waals surface area contributed by atoms with Gasteiger partial charge >= 0.3 is 0 Å². The van der Waals surface area contributed by atoms with Gasteiger partial charge in [0.1, 0.15) is 6.04 Å². The Kier molecular flexibility index (Phi) is 4.27. The molecule has 2 heterocycles. The predicted octanol–water partition coefficient (Wildman–Crippen LogP) is -0.809. The summed E-state index contributed by atoms with van der Waals surface area (Å²) in [6.07, 6.45) is 1.67. The Labute approximate surface area is 118 Å². The molecule has 2 atom stereocenters. The molecule has 0 spiro atoms. The van der Waals surface area contributed by atoms with Gasteiger partial charge in [-0.1, -0.05) is 0 Å². The van der Waals surface area contributed by atoms with Gasteiger partial charge in [0.2, 0.25) is 11.8 Å². The molecule has 7 heteroatoms. The minimum absolute atomic E-state index is 0.0418. The Morgan fingerprint density at radius 2 is 1.90 bits per heavy atom. The Hall–Kier alpha value is -1.63. The van der Waals surface area contributed by atoms with Gasteiger partial charge in [0.05, 0.1) is 6.04 Å². The zero-order chi connectivity index (χ0) is 14.9. The Bertz CT molecular complexity index is 426. The largest absolute Gasteiger partial charge is 0.339 e. The molecule has 2 fully saturated rings. The fourth-order valence-corrected chi connectivity index (χ4v) is 2.94. The van der Waals surface area contributed by atoms with Crippen LogP contribution >= 0.6 is 0 Å². The van der Waals surface area contributed by atoms with Crippen molar-refractivity contribution in [2.24, 2.45) is 0 Å². The van der Waals surface area contributed by atoms with Crippen molar-refractivity contribution in [2.75, 3.05) is 26.7 Å². The van der Waals surface area contributed by atoms with Crippen LogP contribution in [0.1, 0.15) is 26.7 Å². The lowest BCUT2D eigenvalue weighted by Gasteiger charge is -2.43. The van der Waals surface area contributed by atoms with Gasteiger partial charge in [-0.05, 0) is 19.9 Å². The molecule has 3 amide bonds. The number of rotatable bonds is 1. The third-order valence-electron chi connectivity index (χ3n) is 4.03. The lowest BCUT2D eigenvalue weighted by Crippen LogP contribution is -2.61. The van der Waals surface area contributed by atoms with Crippen LogP contribution in [0.5, 0.6) is 0 Å². The average Bonchev–Trinajstić information content (AvgIpc) is 2.55. The lowest BCUT2D eigenvalue weighted by molar-refractivity contribution is -0.173. The van der Waals surface area contributed by atoms with Crippen LogP contribution in [0.3, 0.4) is 0 Å². The number of fused-ring (bicyclic) bond motifs is 1. The maximum absolute atomic E-state index is 12.6. The van der Waals surface area contributed by atoms with Crippen LogP contribution in [0.15, 0.2) is 0 Å². The van der Waals surface area contributed by atoms with E-state index in [0.717, 1.165) is 12.8 Å². The van der Waals surface area contributed by atoms with Crippen LogP contribution < -0.4 is 5.32 Å². The molecule has 0 bridgehead atoms. The second-order valence-electron chi connectivity index (χ2n) is 5.39. The fourth-order valence-electron chi connectivity index (χ4n) is 2.94. The highest BCUT2D eigenvalue weighted by atomic mass is 16.2. The summed E-state index contributed by atoms with van der Waals surface area (Å²) in [7, 11) is 1.70. The summed E-state index contributed by atoms with van der Waals surface area (Å²) in [5.41, 5.74) is 0. The highest BCUT2D eigenvalue weighted by molar-refractivity contribution is 5.86. The van der Waals surface area contributed by atoms with Crippen LogP contribution in [0.4, 0.5) is 0 Å². The van der Waals surface area contributed by atoms with Gasteiger partial charge in [-0.25, -0.2) is 5.01 Å². The van der Waals surface area contributed by atoms with E-state index in [4.69, 9.17) is 0 Å². The third kappa shape index (κ3) is 2.63. The lowest BCUT2D eigenvalue weighted by atomic mass is 10.1. The number of nitrogens with one attached hydrogen (secondary N) is 1. The molecular weight excluding hydrogens is 260 g/mol. The van der Waals surface area contributed by atoms with E-state index in [1.807, 2.05) is 0 Å². The summed E-state index contributed by atoms with van der Waals surface area (Å²) < 4.78 is 0. The number of amides is 3. The number of hydrazine groups is 1. The fraction of sp³-hybridized carbons (Fsp3) is 0.769. The van der Waals surface area contributed by atoms with Crippen molar-refractivity contribution in [1.82, 2.24) is 20.2 Å². The van der Waals surface area contributed by atoms with E-state index >= 15 is 0 Å². The van der Waals surface area contributed by atoms with E-state index in [1.54, 1.807) is 17.0 Å². The predicted molar refractivity (Wildman–Crippen MR) is 72.4 cm³/mol. The summed E-state index contributed by atoms with van der Waals surface area (Å²) >= 11 is 0. The topological polar surface area (TPSA) is 73.0 Å². The molecule has 0 aromatic carbocycles. The monoisotopic (exact) mass is 282 g/mol. The van der Waals surface area contributed by atoms with E-state index in [2.05, 4.69) is 5.32 Å². The van der Waals surface area contributed by atoms with Crippen molar-refractivity contribution in [3.05, 3.63) is 0 Å². The molecule has 0 aromatic rings. The van der Waals surface area contributed by atoms with Gasteiger partial charge in [0.15, 0.2) is 0 Å². The van der Waals surface area contributed by atoms with Crippen LogP contribution in [0, 0.1) is 0 Å². The van der Waals surface area contributed by atoms with Crippen LogP contribution in [0.2, 0.25) is 0 Å². The highest BCUT2D eigenvalue weighted by Crippen LogP contribution is 2.23. The first-order chi connectivity index (χ1) is 9.45. The summed E-state index contributed by atoms with van der Waals surface area (Å²) in [6.45, 7) is 4.39. The van der Waals surface area contributed by atoms with E-state index < -0.39 is 6.04 Å². The van der Waals surface area contributed by atoms with Crippen molar-refractivity contribution in [1.29, 1.82) is 0 Å². The minimum atomic E-state index is -0.469. The normalized spacial score (nSPS) is 27.1. The van der Waals surface area contributed by atoms with Crippen molar-refractivity contribution in [3.8, 4) is 0 Å². The molecule has 20 heavy (non-hydrogen) atoms. The summed E-state index contributed by atoms with van der Waals surface area (Å²) in [4.78, 5) is 37.8. The maximum atomic E-state index is 12.6. The first kappa shape index (κ1) is 14.8. The van der Waals surface area contributed by atoms with Crippen LogP contribution in [-0.2, 0) is 14.4 Å². The van der Waals surface area contributed by atoms with Gasteiger partial charge in [-0.3, -0.25) is 19.4 Å². The Morgan fingerprint density at radius 1 is 1.20 bits per heavy atom. The molecule has 2 saturated heterocycles. The van der Waals surface area contributed by atoms with Crippen LogP contribution in [0.25, 0.3) is 0 Å². The van der Waals surface area contributed by atoms with Gasteiger partial charge in [0.25, 0.3) is 5.91 Å². The quantitative estimate of drug-likeness (QED) is 0.683. The van der Waals surface area contributed by atoms with Gasteiger partial charge < -0.3 is 10.2 Å². The second-order valence-corrected chi connectivity index (χ2v) is 5.39. The molecule has 0 aliphatic carbocycles. The number of carbonyl (C=O) groups excluding carboxylic acids is 3. The van der Waals surface area contributed by atoms with Crippen LogP contribution in [-0.4, -0.2) is 71.4 Å². The zero-order valence-corrected chi connectivity index (χ0v) is 12.3. The van der Waals surface area contributed by atoms with Gasteiger partial charge in [-0.2, -0.15) is 0 Å². The van der Waals surface area contributed by atoms with Crippen molar-refractivity contribution in [3.63, 3.8) is 0 Å². The molecule has 0 unspecified atom stereocenters. The van der Waals surface area contributed by atoms with Gasteiger partial charge in [-0.15, -0.1) is 0 Å². The molecule has 0 aromatic heterocycles. The third-order valence-corrected chi connectivity index (χ3v) is 4.03. The highest BCUT2D eigenvalue weighted by Gasteiger charge is 2.41. The van der Waals surface area contributed by atoms with E-state index in [1.165, 1.54) is 18.9 Å². The molecule has 2 aliphatic heterocycles. The molecule has 7 nitrogen and oxygen atoms in total. The van der Waals surface area contributed by atoms with Gasteiger partial charge in [0, 0.05) is 33.5 Å². The minimum Gasteiger partial charge on any atom is -0.339 e. The number of hydrogen-bond acceptors (Lipinski definition) is 4. The standard InChI is InChI=1S/C13H22N4O3/c1-9(18)15-7-11-5-4-6-16(10(2)19)17(11)13(20)12(8-15)14-3/h11-12,14H,4-8H2,1-3H3/t11-,12+/m1/s1. The van der Waals surface area contributed by atoms with Crippen molar-refractivity contribution < 1.29 is 14.4 Å². The smallest absolute Gasteiger partial charge is 0.260 e. The number of nitrogens with zero attached hydrogens (tertiary/aromatic N) is 3. The van der Waals surface area contributed by atoms with Crippen molar-refractivity contribution >= 4 is 17.7 Å². The second kappa shape index (κ2) is 5.78. The van der Waals surface area contributed by atoms with E-state index in [0.29, 0.717) is 19.6 Å². The Morgan fingerprint density at radius 3 is 2.45 bits per heavy atom. The number of likely N-dealkylation sites (N-methyl/N-ethyl adjacent to an activating group) is 1. The van der Waals surface area contributed by atoms with E-state index in [-0.39, 0.29) is 23.8 Å². The molecule has 2 rings (SSSR count). The molecule has 1 N–H and O–H groups in total. The van der Waals surface area contributed by atoms with Crippen molar-refractivity contribution in [2.45, 2.75) is 38.8 Å². The summed E-state index contributed by atoms with van der Waals surface area (Å²) in [5, 5.41) is 6.03. The van der Waals surface area contributed by atoms with E-state index in [9.17, 15) is 14.4 Å². The molecule has 112 valence electrons.